The van der Waals surface area contributed by atoms with Gasteiger partial charge in [0.25, 0.3) is 0 Å². The summed E-state index contributed by atoms with van der Waals surface area (Å²) in [4.78, 5) is 26.0. The minimum atomic E-state index is -4.98. The molecule has 0 saturated carbocycles. The number of aromatic nitrogens is 4. The molecule has 4 fully saturated rings. The lowest BCUT2D eigenvalue weighted by atomic mass is 9.91. The molecule has 4 saturated heterocycles. The first-order valence-corrected chi connectivity index (χ1v) is 16.3. The minimum absolute atomic E-state index is 0.00324. The molecule has 4 aliphatic heterocycles. The molecule has 8 rings (SSSR count). The number of hydrogen-bond donors (Lipinski definition) is 1. The second-order valence-corrected chi connectivity index (χ2v) is 13.8. The summed E-state index contributed by atoms with van der Waals surface area (Å²) in [6.07, 6.45) is -2.68. The van der Waals surface area contributed by atoms with Crippen LogP contribution in [0, 0.1) is 18.6 Å². The number of amides is 1. The van der Waals surface area contributed by atoms with Crippen LogP contribution in [0.1, 0.15) is 43.2 Å². The fourth-order valence-corrected chi connectivity index (χ4v) is 8.77. The first kappa shape index (κ1) is 31.9. The highest BCUT2D eigenvalue weighted by atomic mass is 19.4. The highest BCUT2D eigenvalue weighted by Gasteiger charge is 2.50. The lowest BCUT2D eigenvalue weighted by Crippen LogP contribution is -2.55. The Kier molecular flexibility index (Phi) is 7.22. The largest absolute Gasteiger partial charge is 0.465 e. The highest BCUT2D eigenvalue weighted by molar-refractivity contribution is 6.01. The molecule has 16 heteroatoms. The maximum atomic E-state index is 17.0. The SMILES string of the molecule is Cc1cc2cn(C)nc2c(-c2c(F)cc3c(N4CC5CCC(C4)N5C(=O)O)nc(OC[C@@]45CCCN4C[C@H](F)C5)nc3c2F)c1C(F)(F)F. The molecular weight excluding hydrogens is 656 g/mol. The van der Waals surface area contributed by atoms with Crippen LogP contribution in [0.2, 0.25) is 0 Å². The molecule has 0 spiro atoms. The molecule has 4 aliphatic rings. The number of piperazine rings is 1. The van der Waals surface area contributed by atoms with E-state index in [1.807, 2.05) is 4.90 Å². The van der Waals surface area contributed by atoms with Crippen molar-refractivity contribution in [2.75, 3.05) is 37.7 Å². The van der Waals surface area contributed by atoms with Gasteiger partial charge in [-0.1, -0.05) is 0 Å². The molecule has 2 aromatic carbocycles. The molecule has 260 valence electrons. The molecule has 2 unspecified atom stereocenters. The summed E-state index contributed by atoms with van der Waals surface area (Å²) in [6.45, 7) is 2.53. The van der Waals surface area contributed by atoms with E-state index in [1.54, 1.807) is 4.90 Å². The smallest absolute Gasteiger partial charge is 0.417 e. The van der Waals surface area contributed by atoms with Gasteiger partial charge in [0.05, 0.1) is 28.7 Å². The summed E-state index contributed by atoms with van der Waals surface area (Å²) >= 11 is 0. The van der Waals surface area contributed by atoms with Gasteiger partial charge in [-0.25, -0.2) is 18.0 Å². The Labute approximate surface area is 276 Å². The van der Waals surface area contributed by atoms with Crippen molar-refractivity contribution in [1.82, 2.24) is 29.5 Å². The fraction of sp³-hybridized carbons (Fsp3) is 0.515. The Morgan fingerprint density at radius 2 is 1.82 bits per heavy atom. The van der Waals surface area contributed by atoms with Crippen LogP contribution < -0.4 is 9.64 Å². The van der Waals surface area contributed by atoms with E-state index in [2.05, 4.69) is 15.1 Å². The average molecular weight is 690 g/mol. The Hall–Kier alpha value is -4.34. The van der Waals surface area contributed by atoms with Crippen LogP contribution in [0.15, 0.2) is 18.3 Å². The number of aryl methyl sites for hydroxylation is 2. The Morgan fingerprint density at radius 1 is 1.08 bits per heavy atom. The quantitative estimate of drug-likeness (QED) is 0.252. The Morgan fingerprint density at radius 3 is 2.51 bits per heavy atom. The number of carboxylic acid groups (broad SMARTS) is 1. The van der Waals surface area contributed by atoms with E-state index in [4.69, 9.17) is 4.74 Å². The number of benzene rings is 2. The van der Waals surface area contributed by atoms with E-state index < -0.39 is 69.9 Å². The molecule has 0 radical (unpaired) electrons. The van der Waals surface area contributed by atoms with Gasteiger partial charge in [-0.2, -0.15) is 28.2 Å². The van der Waals surface area contributed by atoms with Crippen LogP contribution in [0.4, 0.5) is 37.0 Å². The topological polar surface area (TPSA) is 99.9 Å². The number of ether oxygens (including phenoxy) is 1. The van der Waals surface area contributed by atoms with Crippen molar-refractivity contribution in [1.29, 1.82) is 0 Å². The van der Waals surface area contributed by atoms with Gasteiger partial charge >= 0.3 is 18.3 Å². The third-order valence-corrected chi connectivity index (χ3v) is 10.7. The number of fused-ring (bicyclic) bond motifs is 5. The van der Waals surface area contributed by atoms with Crippen molar-refractivity contribution in [2.45, 2.75) is 69.0 Å². The second-order valence-electron chi connectivity index (χ2n) is 13.8. The van der Waals surface area contributed by atoms with Crippen LogP contribution in [0.25, 0.3) is 32.9 Å². The van der Waals surface area contributed by atoms with E-state index in [-0.39, 0.29) is 66.3 Å². The molecule has 10 nitrogen and oxygen atoms in total. The van der Waals surface area contributed by atoms with Crippen LogP contribution in [-0.2, 0) is 13.2 Å². The molecule has 4 atom stereocenters. The zero-order chi connectivity index (χ0) is 34.6. The molecule has 6 heterocycles. The van der Waals surface area contributed by atoms with Crippen molar-refractivity contribution in [3.63, 3.8) is 0 Å². The highest BCUT2D eigenvalue weighted by Crippen LogP contribution is 2.47. The number of nitrogens with zero attached hydrogens (tertiary/aromatic N) is 7. The van der Waals surface area contributed by atoms with Crippen molar-refractivity contribution in [2.24, 2.45) is 7.05 Å². The number of hydrogen-bond acceptors (Lipinski definition) is 7. The summed E-state index contributed by atoms with van der Waals surface area (Å²) in [5, 5.41) is 14.1. The normalized spacial score (nSPS) is 25.6. The monoisotopic (exact) mass is 689 g/mol. The Balaban J connectivity index is 1.31. The molecule has 49 heavy (non-hydrogen) atoms. The van der Waals surface area contributed by atoms with Crippen molar-refractivity contribution < 1.29 is 41.0 Å². The number of halogens is 6. The number of rotatable bonds is 5. The first-order valence-electron chi connectivity index (χ1n) is 16.3. The van der Waals surface area contributed by atoms with Gasteiger partial charge in [-0.15, -0.1) is 0 Å². The summed E-state index contributed by atoms with van der Waals surface area (Å²) < 4.78 is 99.0. The van der Waals surface area contributed by atoms with Crippen LogP contribution >= 0.6 is 0 Å². The van der Waals surface area contributed by atoms with Crippen LogP contribution in [0.5, 0.6) is 6.01 Å². The predicted molar refractivity (Wildman–Crippen MR) is 166 cm³/mol. The minimum Gasteiger partial charge on any atom is -0.465 e. The average Bonchev–Trinajstić information content (AvgIpc) is 3.74. The third kappa shape index (κ3) is 5.04. The maximum absolute atomic E-state index is 17.0. The summed E-state index contributed by atoms with van der Waals surface area (Å²) in [5.41, 5.74) is -4.42. The van der Waals surface area contributed by atoms with Crippen LogP contribution in [-0.4, -0.2) is 97.3 Å². The lowest BCUT2D eigenvalue weighted by Gasteiger charge is -2.40. The number of carbonyl (C=O) groups is 1. The van der Waals surface area contributed by atoms with Gasteiger partial charge < -0.3 is 14.7 Å². The van der Waals surface area contributed by atoms with Crippen molar-refractivity contribution in [3.8, 4) is 17.1 Å². The maximum Gasteiger partial charge on any atom is 0.417 e. The summed E-state index contributed by atoms with van der Waals surface area (Å²) in [5.74, 6) is -2.53. The van der Waals surface area contributed by atoms with E-state index >= 15 is 8.78 Å². The molecular formula is C33H33F6N7O3. The van der Waals surface area contributed by atoms with Gasteiger partial charge in [-0.05, 0) is 56.8 Å². The predicted octanol–water partition coefficient (Wildman–Crippen LogP) is 6.08. The van der Waals surface area contributed by atoms with E-state index in [0.717, 1.165) is 12.5 Å². The molecule has 0 aliphatic carbocycles. The molecule has 1 amide bonds. The van der Waals surface area contributed by atoms with E-state index in [0.29, 0.717) is 25.8 Å². The van der Waals surface area contributed by atoms with Gasteiger partial charge in [-0.3, -0.25) is 14.5 Å². The molecule has 1 N–H and O–H groups in total. The molecule has 2 aromatic heterocycles. The number of alkyl halides is 4. The summed E-state index contributed by atoms with van der Waals surface area (Å²) in [7, 11) is 1.50. The van der Waals surface area contributed by atoms with Crippen LogP contribution in [0.3, 0.4) is 0 Å². The molecule has 4 aromatic rings. The van der Waals surface area contributed by atoms with Gasteiger partial charge in [0.1, 0.15) is 35.4 Å². The molecule has 2 bridgehead atoms. The second kappa shape index (κ2) is 11.1. The Bertz CT molecular complexity index is 2010. The third-order valence-electron chi connectivity index (χ3n) is 10.7. The van der Waals surface area contributed by atoms with E-state index in [1.165, 1.54) is 35.8 Å². The van der Waals surface area contributed by atoms with Crippen molar-refractivity contribution >= 4 is 33.7 Å². The van der Waals surface area contributed by atoms with Gasteiger partial charge in [0.2, 0.25) is 0 Å². The lowest BCUT2D eigenvalue weighted by molar-refractivity contribution is -0.137. The fourth-order valence-electron chi connectivity index (χ4n) is 8.77. The zero-order valence-electron chi connectivity index (χ0n) is 26.7. The van der Waals surface area contributed by atoms with Gasteiger partial charge in [0.15, 0.2) is 5.82 Å². The standard InChI is InChI=1S/C33H33F6N7O3/c1-16-8-17-11-43(2)42-27(17)24(25(16)33(37,38)39)23-22(35)9-21-28(26(23)36)40-30(49-15-32-6-3-7-45(32)12-18(34)10-32)41-29(21)44-13-19-4-5-20(14-44)46(19)31(47)48/h8-9,11,18-20H,3-7,10,12-15H2,1-2H3,(H,47,48)/t18-,19?,20?,32+/m1/s1. The first-order chi connectivity index (χ1) is 23.2. The van der Waals surface area contributed by atoms with Crippen molar-refractivity contribution in [3.05, 3.63) is 41.1 Å². The summed E-state index contributed by atoms with van der Waals surface area (Å²) in [6, 6.07) is 1.12. The van der Waals surface area contributed by atoms with E-state index in [9.17, 15) is 27.5 Å². The van der Waals surface area contributed by atoms with Gasteiger partial charge in [0, 0.05) is 55.6 Å². The number of anilines is 1. The zero-order valence-corrected chi connectivity index (χ0v) is 26.7.